The van der Waals surface area contributed by atoms with Crippen LogP contribution in [0.15, 0.2) is 34.8 Å². The highest BCUT2D eigenvalue weighted by molar-refractivity contribution is 9.10. The van der Waals surface area contributed by atoms with E-state index in [0.29, 0.717) is 5.92 Å². The van der Waals surface area contributed by atoms with Crippen molar-refractivity contribution >= 4 is 38.9 Å². The zero-order valence-corrected chi connectivity index (χ0v) is 13.1. The molecule has 1 atom stereocenters. The van der Waals surface area contributed by atoms with Gasteiger partial charge < -0.3 is 4.90 Å². The summed E-state index contributed by atoms with van der Waals surface area (Å²) in [5.74, 6) is 0.423. The quantitative estimate of drug-likeness (QED) is 0.723. The highest BCUT2D eigenvalue weighted by atomic mass is 79.9. The monoisotopic (exact) mass is 341 g/mol. The van der Waals surface area contributed by atoms with Gasteiger partial charge in [-0.15, -0.1) is 11.3 Å². The number of nitrogens with zero attached hydrogens (tertiary/aromatic N) is 1. The van der Waals surface area contributed by atoms with E-state index in [0.717, 1.165) is 17.4 Å². The average Bonchev–Trinajstić information content (AvgIpc) is 2.69. The second-order valence-corrected chi connectivity index (χ2v) is 7.28. The molecule has 0 aliphatic carbocycles. The third-order valence-electron chi connectivity index (χ3n) is 3.34. The summed E-state index contributed by atoms with van der Waals surface area (Å²) in [5, 5.41) is 0. The summed E-state index contributed by atoms with van der Waals surface area (Å²) >= 11 is 11.6. The van der Waals surface area contributed by atoms with Crippen LogP contribution in [0.5, 0.6) is 0 Å². The Bertz CT molecular complexity index is 581. The lowest BCUT2D eigenvalue weighted by molar-refractivity contribution is 0.298. The molecule has 0 amide bonds. The van der Waals surface area contributed by atoms with Crippen LogP contribution in [0, 0.1) is 0 Å². The van der Waals surface area contributed by atoms with E-state index in [-0.39, 0.29) is 0 Å². The van der Waals surface area contributed by atoms with Crippen LogP contribution >= 0.6 is 38.9 Å². The van der Waals surface area contributed by atoms with Crippen LogP contribution in [0.4, 0.5) is 0 Å². The summed E-state index contributed by atoms with van der Waals surface area (Å²) < 4.78 is 2.08. The molecule has 2 aromatic rings. The zero-order valence-electron chi connectivity index (χ0n) is 9.99. The number of hydrogen-bond donors (Lipinski definition) is 0. The molecule has 0 N–H and O–H groups in total. The van der Waals surface area contributed by atoms with Gasteiger partial charge in [-0.2, -0.15) is 0 Å². The first kappa shape index (κ1) is 12.7. The minimum absolute atomic E-state index is 0.423. The van der Waals surface area contributed by atoms with Crippen molar-refractivity contribution in [3.63, 3.8) is 0 Å². The lowest BCUT2D eigenvalue weighted by atomic mass is 9.91. The largest absolute Gasteiger partial charge is 0.301 e. The molecule has 0 saturated carbocycles. The lowest BCUT2D eigenvalue weighted by Gasteiger charge is -2.30. The summed E-state index contributed by atoms with van der Waals surface area (Å²) in [5.41, 5.74) is 2.73. The minimum Gasteiger partial charge on any atom is -0.301 e. The summed E-state index contributed by atoms with van der Waals surface area (Å²) in [6.45, 7) is 2.05. The fourth-order valence-electron chi connectivity index (χ4n) is 2.57. The summed E-state index contributed by atoms with van der Waals surface area (Å²) in [4.78, 5) is 3.78. The maximum atomic E-state index is 6.18. The van der Waals surface area contributed by atoms with Crippen molar-refractivity contribution in [2.75, 3.05) is 13.6 Å². The predicted molar refractivity (Wildman–Crippen MR) is 81.6 cm³/mol. The smallest absolute Gasteiger partial charge is 0.0934 e. The maximum absolute atomic E-state index is 6.18. The van der Waals surface area contributed by atoms with Gasteiger partial charge in [0.15, 0.2) is 0 Å². The Morgan fingerprint density at radius 1 is 1.39 bits per heavy atom. The van der Waals surface area contributed by atoms with E-state index < -0.39 is 0 Å². The first-order valence-electron chi connectivity index (χ1n) is 5.86. The molecular weight excluding hydrogens is 330 g/mol. The second-order valence-electron chi connectivity index (χ2n) is 4.71. The van der Waals surface area contributed by atoms with E-state index in [1.54, 1.807) is 11.3 Å². The fraction of sp³-hybridized carbons (Fsp3) is 0.286. The van der Waals surface area contributed by atoms with Crippen LogP contribution in [0.1, 0.15) is 21.9 Å². The molecule has 1 aliphatic heterocycles. The molecule has 4 heteroatoms. The van der Waals surface area contributed by atoms with Gasteiger partial charge in [0.2, 0.25) is 0 Å². The van der Waals surface area contributed by atoms with Crippen LogP contribution in [-0.4, -0.2) is 18.5 Å². The predicted octanol–water partition coefficient (Wildman–Crippen LogP) is 4.74. The fourth-order valence-corrected chi connectivity index (χ4v) is 4.53. The van der Waals surface area contributed by atoms with E-state index >= 15 is 0 Å². The molecule has 1 aromatic heterocycles. The molecule has 0 spiro atoms. The van der Waals surface area contributed by atoms with Gasteiger partial charge in [-0.1, -0.05) is 45.7 Å². The van der Waals surface area contributed by atoms with Gasteiger partial charge >= 0.3 is 0 Å². The number of benzene rings is 1. The van der Waals surface area contributed by atoms with E-state index in [2.05, 4.69) is 58.2 Å². The molecule has 94 valence electrons. The summed E-state index contributed by atoms with van der Waals surface area (Å²) in [7, 11) is 2.17. The Kier molecular flexibility index (Phi) is 3.50. The van der Waals surface area contributed by atoms with E-state index in [1.165, 1.54) is 20.5 Å². The standard InChI is InChI=1S/C14H13BrClNS/c1-17-7-9-6-13(16)18-14(9)11(8-17)10-4-2-3-5-12(10)15/h2-6,11H,7-8H2,1H3. The molecule has 0 radical (unpaired) electrons. The Morgan fingerprint density at radius 3 is 2.94 bits per heavy atom. The first-order chi connectivity index (χ1) is 8.65. The Hall–Kier alpha value is -0.350. The number of likely N-dealkylation sites (N-methyl/N-ethyl adjacent to an activating group) is 1. The molecule has 18 heavy (non-hydrogen) atoms. The molecule has 2 heterocycles. The molecular formula is C14H13BrClNS. The van der Waals surface area contributed by atoms with Crippen molar-refractivity contribution in [1.29, 1.82) is 0 Å². The van der Waals surface area contributed by atoms with Crippen molar-refractivity contribution in [1.82, 2.24) is 4.90 Å². The van der Waals surface area contributed by atoms with Crippen LogP contribution in [0.3, 0.4) is 0 Å². The van der Waals surface area contributed by atoms with Crippen molar-refractivity contribution in [2.24, 2.45) is 0 Å². The normalized spacial score (nSPS) is 19.8. The van der Waals surface area contributed by atoms with Crippen LogP contribution in [0.25, 0.3) is 0 Å². The molecule has 0 bridgehead atoms. The number of rotatable bonds is 1. The third-order valence-corrected chi connectivity index (χ3v) is 5.49. The van der Waals surface area contributed by atoms with Crippen molar-refractivity contribution in [2.45, 2.75) is 12.5 Å². The van der Waals surface area contributed by atoms with Gasteiger partial charge in [0.25, 0.3) is 0 Å². The lowest BCUT2D eigenvalue weighted by Crippen LogP contribution is -2.29. The maximum Gasteiger partial charge on any atom is 0.0934 e. The van der Waals surface area contributed by atoms with Gasteiger partial charge in [0.05, 0.1) is 4.34 Å². The van der Waals surface area contributed by atoms with Crippen LogP contribution in [-0.2, 0) is 6.54 Å². The first-order valence-corrected chi connectivity index (χ1v) is 7.85. The second kappa shape index (κ2) is 4.97. The molecule has 1 aliphatic rings. The van der Waals surface area contributed by atoms with Gasteiger partial charge in [-0.3, -0.25) is 0 Å². The van der Waals surface area contributed by atoms with Gasteiger partial charge in [0.1, 0.15) is 0 Å². The highest BCUT2D eigenvalue weighted by Crippen LogP contribution is 2.42. The molecule has 1 unspecified atom stereocenters. The Labute approximate surface area is 125 Å². The summed E-state index contributed by atoms with van der Waals surface area (Å²) in [6.07, 6.45) is 0. The SMILES string of the molecule is CN1Cc2cc(Cl)sc2C(c2ccccc2Br)C1. The number of thiophene rings is 1. The Balaban J connectivity index is 2.10. The van der Waals surface area contributed by atoms with E-state index in [9.17, 15) is 0 Å². The highest BCUT2D eigenvalue weighted by Gasteiger charge is 2.28. The average molecular weight is 343 g/mol. The minimum atomic E-state index is 0.423. The molecule has 0 fully saturated rings. The zero-order chi connectivity index (χ0) is 12.7. The van der Waals surface area contributed by atoms with Crippen molar-refractivity contribution < 1.29 is 0 Å². The summed E-state index contributed by atoms with van der Waals surface area (Å²) in [6, 6.07) is 10.6. The molecule has 1 aromatic carbocycles. The topological polar surface area (TPSA) is 3.24 Å². The third kappa shape index (κ3) is 2.25. The number of halogens is 2. The van der Waals surface area contributed by atoms with E-state index in [4.69, 9.17) is 11.6 Å². The van der Waals surface area contributed by atoms with Gasteiger partial charge in [0, 0.05) is 28.4 Å². The van der Waals surface area contributed by atoms with E-state index in [1.807, 2.05) is 0 Å². The molecule has 0 saturated heterocycles. The molecule has 3 rings (SSSR count). The van der Waals surface area contributed by atoms with Crippen LogP contribution in [0.2, 0.25) is 4.34 Å². The number of hydrogen-bond acceptors (Lipinski definition) is 2. The number of fused-ring (bicyclic) bond motifs is 1. The van der Waals surface area contributed by atoms with Crippen molar-refractivity contribution in [3.8, 4) is 0 Å². The van der Waals surface area contributed by atoms with Crippen LogP contribution < -0.4 is 0 Å². The Morgan fingerprint density at radius 2 is 2.17 bits per heavy atom. The molecule has 1 nitrogen and oxygen atoms in total. The van der Waals surface area contributed by atoms with Gasteiger partial charge in [-0.05, 0) is 30.3 Å². The van der Waals surface area contributed by atoms with Gasteiger partial charge in [-0.25, -0.2) is 0 Å². The van der Waals surface area contributed by atoms with Crippen molar-refractivity contribution in [3.05, 3.63) is 55.1 Å².